The molecule has 2 fully saturated rings. The molecular weight excluding hydrogens is 396 g/mol. The first-order valence-electron chi connectivity index (χ1n) is 8.71. The Labute approximate surface area is 169 Å². The Balaban J connectivity index is 0.00000243. The SMILES string of the molecule is CN1/C(=N/C2CCCCC2)SCC1CC(=O)Nc1ccc(Cl)cc1F.Cl. The number of anilines is 1. The quantitative estimate of drug-likeness (QED) is 0.749. The maximum atomic E-state index is 13.8. The molecule has 1 aromatic carbocycles. The number of halogens is 3. The number of nitrogens with one attached hydrogen (secondary N) is 1. The number of hydrogen-bond donors (Lipinski definition) is 1. The molecule has 1 aliphatic carbocycles. The van der Waals surface area contributed by atoms with E-state index in [0.29, 0.717) is 17.5 Å². The van der Waals surface area contributed by atoms with Crippen LogP contribution in [0.2, 0.25) is 5.02 Å². The Hall–Kier alpha value is -0.980. The third-order valence-electron chi connectivity index (χ3n) is 4.75. The zero-order valence-corrected chi connectivity index (χ0v) is 17.1. The largest absolute Gasteiger partial charge is 0.350 e. The molecule has 1 saturated carbocycles. The second-order valence-corrected chi connectivity index (χ2v) is 8.08. The van der Waals surface area contributed by atoms with Crippen molar-refractivity contribution in [2.75, 3.05) is 18.1 Å². The Morgan fingerprint density at radius 3 is 2.81 bits per heavy atom. The molecule has 2 aliphatic rings. The van der Waals surface area contributed by atoms with Crippen LogP contribution in [0.4, 0.5) is 10.1 Å². The molecule has 26 heavy (non-hydrogen) atoms. The molecule has 1 heterocycles. The van der Waals surface area contributed by atoms with Crippen LogP contribution in [0.5, 0.6) is 0 Å². The number of amides is 1. The fourth-order valence-corrected chi connectivity index (χ4v) is 4.66. The van der Waals surface area contributed by atoms with E-state index >= 15 is 0 Å². The average Bonchev–Trinajstić information content (AvgIpc) is 2.92. The Morgan fingerprint density at radius 2 is 2.12 bits per heavy atom. The van der Waals surface area contributed by atoms with Crippen LogP contribution in [0.1, 0.15) is 38.5 Å². The number of rotatable bonds is 4. The summed E-state index contributed by atoms with van der Waals surface area (Å²) in [5.41, 5.74) is 0.166. The van der Waals surface area contributed by atoms with Crippen molar-refractivity contribution in [3.05, 3.63) is 29.0 Å². The van der Waals surface area contributed by atoms with Gasteiger partial charge in [-0.25, -0.2) is 4.39 Å². The maximum absolute atomic E-state index is 13.8. The second kappa shape index (κ2) is 9.81. The zero-order valence-electron chi connectivity index (χ0n) is 14.7. The third-order valence-corrected chi connectivity index (χ3v) is 6.19. The first kappa shape index (κ1) is 21.3. The normalized spacial score (nSPS) is 22.3. The van der Waals surface area contributed by atoms with Crippen LogP contribution in [-0.2, 0) is 4.79 Å². The number of carbonyl (C=O) groups excluding carboxylic acids is 1. The van der Waals surface area contributed by atoms with Crippen molar-refractivity contribution in [2.24, 2.45) is 4.99 Å². The lowest BCUT2D eigenvalue weighted by Crippen LogP contribution is -2.34. The van der Waals surface area contributed by atoms with E-state index in [1.54, 1.807) is 17.8 Å². The lowest BCUT2D eigenvalue weighted by molar-refractivity contribution is -0.116. The van der Waals surface area contributed by atoms with Crippen molar-refractivity contribution in [3.8, 4) is 0 Å². The van der Waals surface area contributed by atoms with Crippen molar-refractivity contribution in [1.82, 2.24) is 4.90 Å². The molecule has 144 valence electrons. The predicted molar refractivity (Wildman–Crippen MR) is 110 cm³/mol. The minimum absolute atomic E-state index is 0. The molecule has 1 atom stereocenters. The topological polar surface area (TPSA) is 44.7 Å². The molecule has 1 aromatic rings. The summed E-state index contributed by atoms with van der Waals surface area (Å²) >= 11 is 7.44. The maximum Gasteiger partial charge on any atom is 0.226 e. The summed E-state index contributed by atoms with van der Waals surface area (Å²) in [4.78, 5) is 19.2. The number of aliphatic imine (C=N–C) groups is 1. The summed E-state index contributed by atoms with van der Waals surface area (Å²) in [6.45, 7) is 0. The van der Waals surface area contributed by atoms with Gasteiger partial charge in [0.2, 0.25) is 5.91 Å². The van der Waals surface area contributed by atoms with Crippen LogP contribution in [0, 0.1) is 5.82 Å². The van der Waals surface area contributed by atoms with Gasteiger partial charge in [-0.3, -0.25) is 9.79 Å². The van der Waals surface area contributed by atoms with Gasteiger partial charge in [0.05, 0.1) is 11.7 Å². The number of benzene rings is 1. The molecule has 1 aliphatic heterocycles. The summed E-state index contributed by atoms with van der Waals surface area (Å²) in [6, 6.07) is 4.76. The van der Waals surface area contributed by atoms with Gasteiger partial charge in [0.25, 0.3) is 0 Å². The van der Waals surface area contributed by atoms with Crippen LogP contribution in [0.15, 0.2) is 23.2 Å². The molecule has 8 heteroatoms. The predicted octanol–water partition coefficient (Wildman–Crippen LogP) is 4.97. The van der Waals surface area contributed by atoms with Gasteiger partial charge in [0.1, 0.15) is 5.82 Å². The van der Waals surface area contributed by atoms with Crippen LogP contribution >= 0.6 is 35.8 Å². The molecule has 0 bridgehead atoms. The summed E-state index contributed by atoms with van der Waals surface area (Å²) in [6.07, 6.45) is 6.48. The van der Waals surface area contributed by atoms with Gasteiger partial charge in [-0.2, -0.15) is 0 Å². The molecule has 3 rings (SSSR count). The molecule has 1 amide bonds. The first-order chi connectivity index (χ1) is 12.0. The fraction of sp³-hybridized carbons (Fsp3) is 0.556. The van der Waals surface area contributed by atoms with E-state index in [-0.39, 0.29) is 30.0 Å². The first-order valence-corrected chi connectivity index (χ1v) is 10.1. The highest BCUT2D eigenvalue weighted by Gasteiger charge is 2.30. The lowest BCUT2D eigenvalue weighted by Gasteiger charge is -2.23. The number of carbonyl (C=O) groups is 1. The van der Waals surface area contributed by atoms with E-state index in [2.05, 4.69) is 10.2 Å². The van der Waals surface area contributed by atoms with Gasteiger partial charge in [-0.15, -0.1) is 12.4 Å². The van der Waals surface area contributed by atoms with Gasteiger partial charge in [0, 0.05) is 30.3 Å². The fourth-order valence-electron chi connectivity index (χ4n) is 3.24. The van der Waals surface area contributed by atoms with E-state index in [9.17, 15) is 9.18 Å². The molecule has 1 N–H and O–H groups in total. The molecule has 0 aromatic heterocycles. The van der Waals surface area contributed by atoms with Crippen molar-refractivity contribution in [1.29, 1.82) is 0 Å². The smallest absolute Gasteiger partial charge is 0.226 e. The molecule has 0 spiro atoms. The van der Waals surface area contributed by atoms with Crippen molar-refractivity contribution in [2.45, 2.75) is 50.6 Å². The third kappa shape index (κ3) is 5.51. The van der Waals surface area contributed by atoms with Gasteiger partial charge < -0.3 is 10.2 Å². The Bertz CT molecular complexity index is 668. The highest BCUT2D eigenvalue weighted by atomic mass is 35.5. The molecule has 1 saturated heterocycles. The zero-order chi connectivity index (χ0) is 17.8. The standard InChI is InChI=1S/C18H23ClFN3OS.ClH/c1-23-14(11-25-18(23)21-13-5-3-2-4-6-13)10-17(24)22-16-8-7-12(19)9-15(16)20;/h7-9,13-14H,2-6,10-11H2,1H3,(H,22,24);1H/b21-18-;. The summed E-state index contributed by atoms with van der Waals surface area (Å²) in [7, 11) is 1.99. The average molecular weight is 420 g/mol. The number of amidine groups is 1. The van der Waals surface area contributed by atoms with E-state index in [1.165, 1.54) is 44.2 Å². The van der Waals surface area contributed by atoms with Gasteiger partial charge in [-0.05, 0) is 31.0 Å². The molecule has 1 unspecified atom stereocenters. The Kier molecular flexibility index (Phi) is 8.05. The van der Waals surface area contributed by atoms with Crippen molar-refractivity contribution in [3.63, 3.8) is 0 Å². The van der Waals surface area contributed by atoms with Gasteiger partial charge in [-0.1, -0.05) is 42.6 Å². The molecular formula is C18H24Cl2FN3OS. The van der Waals surface area contributed by atoms with E-state index in [0.717, 1.165) is 10.9 Å². The number of thioether (sulfide) groups is 1. The minimum Gasteiger partial charge on any atom is -0.350 e. The number of nitrogens with zero attached hydrogens (tertiary/aromatic N) is 2. The van der Waals surface area contributed by atoms with Crippen LogP contribution in [0.3, 0.4) is 0 Å². The summed E-state index contributed by atoms with van der Waals surface area (Å²) < 4.78 is 13.8. The minimum atomic E-state index is -0.519. The lowest BCUT2D eigenvalue weighted by atomic mass is 9.96. The molecule has 4 nitrogen and oxygen atoms in total. The summed E-state index contributed by atoms with van der Waals surface area (Å²) in [5, 5.41) is 3.97. The highest BCUT2D eigenvalue weighted by molar-refractivity contribution is 8.14. The monoisotopic (exact) mass is 419 g/mol. The number of hydrogen-bond acceptors (Lipinski definition) is 3. The van der Waals surface area contributed by atoms with E-state index in [4.69, 9.17) is 16.6 Å². The van der Waals surface area contributed by atoms with Crippen molar-refractivity contribution >= 4 is 52.5 Å². The summed E-state index contributed by atoms with van der Waals surface area (Å²) in [5.74, 6) is 0.116. The second-order valence-electron chi connectivity index (χ2n) is 6.66. The van der Waals surface area contributed by atoms with Crippen LogP contribution in [-0.4, -0.2) is 40.9 Å². The molecule has 0 radical (unpaired) electrons. The van der Waals surface area contributed by atoms with E-state index in [1.807, 2.05) is 7.05 Å². The van der Waals surface area contributed by atoms with E-state index < -0.39 is 5.82 Å². The Morgan fingerprint density at radius 1 is 1.38 bits per heavy atom. The van der Waals surface area contributed by atoms with Crippen LogP contribution < -0.4 is 5.32 Å². The van der Waals surface area contributed by atoms with Crippen LogP contribution in [0.25, 0.3) is 0 Å². The highest BCUT2D eigenvalue weighted by Crippen LogP contribution is 2.28. The van der Waals surface area contributed by atoms with Gasteiger partial charge in [0.15, 0.2) is 5.17 Å². The van der Waals surface area contributed by atoms with Crippen molar-refractivity contribution < 1.29 is 9.18 Å². The van der Waals surface area contributed by atoms with Gasteiger partial charge >= 0.3 is 0 Å².